The zero-order valence-corrected chi connectivity index (χ0v) is 62.6. The lowest BCUT2D eigenvalue weighted by Crippen LogP contribution is -2.29. The molecule has 0 fully saturated rings. The third-order valence-electron chi connectivity index (χ3n) is 14.6. The van der Waals surface area contributed by atoms with Gasteiger partial charge >= 0.3 is 33.6 Å². The second-order valence-corrected chi connectivity index (χ2v) is 26.9. The fourth-order valence-electron chi connectivity index (χ4n) is 9.02. The molecule has 0 aliphatic rings. The van der Waals surface area contributed by atoms with Gasteiger partial charge in [0.2, 0.25) is 0 Å². The number of phosphoric ester groups is 2. The smallest absolute Gasteiger partial charge is 0.463 e. The summed E-state index contributed by atoms with van der Waals surface area (Å²) in [7, 11) is -9.84. The van der Waals surface area contributed by atoms with Gasteiger partial charge in [0.25, 0.3) is 0 Å². The first-order valence-electron chi connectivity index (χ1n) is 37.1. The fraction of sp³-hybridized carbons (Fsp3) is 0.593. The molecule has 0 saturated carbocycles. The average Bonchev–Trinajstić information content (AvgIpc) is 2.26. The maximum Gasteiger partial charge on any atom is 0.472 e. The third kappa shape index (κ3) is 73.7. The van der Waals surface area contributed by atoms with Crippen molar-refractivity contribution >= 4 is 33.6 Å². The predicted octanol–water partition coefficient (Wildman–Crippen LogP) is 21.4. The summed E-state index contributed by atoms with van der Waals surface area (Å²) in [5, 5.41) is 20.6. The number of unbranched alkanes of at least 4 members (excludes halogenated alkanes) is 15. The topological polar surface area (TPSA) is 231 Å². The average molecular weight is 1420 g/mol. The van der Waals surface area contributed by atoms with Gasteiger partial charge in [0.1, 0.15) is 25.4 Å². The largest absolute Gasteiger partial charge is 0.472 e. The van der Waals surface area contributed by atoms with E-state index >= 15 is 0 Å². The Morgan fingerprint density at radius 2 is 0.556 bits per heavy atom. The van der Waals surface area contributed by atoms with E-state index in [1.165, 1.54) is 19.3 Å². The first-order valence-corrected chi connectivity index (χ1v) is 40.1. The fourth-order valence-corrected chi connectivity index (χ4v) is 10.6. The van der Waals surface area contributed by atoms with E-state index in [9.17, 15) is 43.5 Å². The van der Waals surface area contributed by atoms with Crippen LogP contribution in [0.2, 0.25) is 0 Å². The van der Waals surface area contributed by atoms with Gasteiger partial charge in [-0.15, -0.1) is 0 Å². The number of allylic oxidation sites excluding steroid dienone is 30. The van der Waals surface area contributed by atoms with Crippen LogP contribution in [0.1, 0.15) is 252 Å². The second-order valence-electron chi connectivity index (χ2n) is 24.0. The molecular formula is C81H130O16P2. The Morgan fingerprint density at radius 1 is 0.293 bits per heavy atom. The van der Waals surface area contributed by atoms with Crippen LogP contribution in [-0.4, -0.2) is 95.9 Å². The summed E-state index contributed by atoms with van der Waals surface area (Å²) in [6, 6.07) is 0. The van der Waals surface area contributed by atoms with Crippen LogP contribution in [0.5, 0.6) is 0 Å². The van der Waals surface area contributed by atoms with Gasteiger partial charge < -0.3 is 34.2 Å². The van der Waals surface area contributed by atoms with E-state index in [2.05, 4.69) is 185 Å². The molecular weight excluding hydrogens is 1290 g/mol. The Bertz CT molecular complexity index is 2530. The first-order chi connectivity index (χ1) is 48.2. The van der Waals surface area contributed by atoms with Gasteiger partial charge in [-0.1, -0.05) is 267 Å². The summed E-state index contributed by atoms with van der Waals surface area (Å²) in [5.41, 5.74) is 0. The van der Waals surface area contributed by atoms with Crippen molar-refractivity contribution in [3.8, 4) is 0 Å². The van der Waals surface area contributed by atoms with Gasteiger partial charge in [0.05, 0.1) is 26.4 Å². The first kappa shape index (κ1) is 93.6. The molecule has 0 spiro atoms. The number of carbonyl (C=O) groups excluding carboxylic acids is 3. The summed E-state index contributed by atoms with van der Waals surface area (Å²) in [5.74, 6) is -1.72. The molecule has 5 unspecified atom stereocenters. The van der Waals surface area contributed by atoms with Crippen LogP contribution in [0.25, 0.3) is 0 Å². The molecule has 0 amide bonds. The molecule has 560 valence electrons. The number of aliphatic hydroxyl groups excluding tert-OH is 2. The van der Waals surface area contributed by atoms with Gasteiger partial charge in [-0.25, -0.2) is 9.13 Å². The molecule has 4 N–H and O–H groups in total. The second kappa shape index (κ2) is 72.4. The highest BCUT2D eigenvalue weighted by Crippen LogP contribution is 2.45. The molecule has 18 heteroatoms. The van der Waals surface area contributed by atoms with Gasteiger partial charge in [0, 0.05) is 19.3 Å². The number of carbonyl (C=O) groups is 3. The maximum absolute atomic E-state index is 12.9. The van der Waals surface area contributed by atoms with Gasteiger partial charge in [-0.3, -0.25) is 32.5 Å². The van der Waals surface area contributed by atoms with Crippen molar-refractivity contribution in [3.05, 3.63) is 182 Å². The number of hydrogen-bond donors (Lipinski definition) is 4. The highest BCUT2D eigenvalue weighted by Gasteiger charge is 2.29. The molecule has 5 atom stereocenters. The molecule has 0 heterocycles. The third-order valence-corrected chi connectivity index (χ3v) is 16.5. The molecule has 0 aliphatic heterocycles. The summed E-state index contributed by atoms with van der Waals surface area (Å²) >= 11 is 0. The zero-order chi connectivity index (χ0) is 72.3. The minimum absolute atomic E-state index is 0.0328. The monoisotopic (exact) mass is 1420 g/mol. The minimum atomic E-state index is -4.96. The normalized spacial score (nSPS) is 15.1. The molecule has 16 nitrogen and oxygen atoms in total. The minimum Gasteiger partial charge on any atom is -0.463 e. The van der Waals surface area contributed by atoms with Crippen molar-refractivity contribution in [1.82, 2.24) is 0 Å². The maximum atomic E-state index is 12.9. The van der Waals surface area contributed by atoms with E-state index in [1.54, 1.807) is 0 Å². The Morgan fingerprint density at radius 3 is 0.889 bits per heavy atom. The van der Waals surface area contributed by atoms with Crippen molar-refractivity contribution in [2.45, 2.75) is 270 Å². The molecule has 0 aromatic heterocycles. The lowest BCUT2D eigenvalue weighted by atomic mass is 10.1. The quantitative estimate of drug-likeness (QED) is 0.0146. The van der Waals surface area contributed by atoms with E-state index in [4.69, 9.17) is 32.3 Å². The Balaban J connectivity index is 4.80. The number of hydrogen-bond acceptors (Lipinski definition) is 14. The van der Waals surface area contributed by atoms with Crippen molar-refractivity contribution in [2.24, 2.45) is 0 Å². The molecule has 0 aromatic rings. The van der Waals surface area contributed by atoms with Gasteiger partial charge in [0.15, 0.2) is 6.10 Å². The number of rotatable bonds is 68. The van der Waals surface area contributed by atoms with Crippen LogP contribution in [0.3, 0.4) is 0 Å². The van der Waals surface area contributed by atoms with Gasteiger partial charge in [-0.05, 0) is 148 Å². The van der Waals surface area contributed by atoms with Crippen LogP contribution in [0.4, 0.5) is 0 Å². The Labute approximate surface area is 598 Å². The molecule has 0 rings (SSSR count). The Hall–Kier alpha value is -5.35. The van der Waals surface area contributed by atoms with Crippen LogP contribution in [0.15, 0.2) is 182 Å². The summed E-state index contributed by atoms with van der Waals surface area (Å²) in [6.07, 6.45) is 92.3. The van der Waals surface area contributed by atoms with Crippen LogP contribution >= 0.6 is 15.6 Å². The van der Waals surface area contributed by atoms with E-state index in [-0.39, 0.29) is 19.3 Å². The summed E-state index contributed by atoms with van der Waals surface area (Å²) in [6.45, 7) is 2.26. The van der Waals surface area contributed by atoms with E-state index in [0.717, 1.165) is 167 Å². The molecule has 0 aromatic carbocycles. The zero-order valence-electron chi connectivity index (χ0n) is 60.8. The molecule has 0 radical (unpaired) electrons. The SMILES string of the molecule is CC/C=C\C/C=C\C/C=C\C/C=C\C/C=C\C/C=C\CCC(=O)OC(COC(=O)CCCCCCC/C=C\C/C=C\C/C=C\C/C=C\CCCCC)COP(=O)(O)OCC(O)COP(=O)(O)OCC(O)COC(=O)CCCCCCCCC/C=C\C/C=C\C/C=C\C/C=C\C/C=C\CC. The standard InChI is InChI=1S/C81H130O16P2/c1-4-7-10-13-16-19-22-25-28-31-34-36-37-39-42-43-46-49-52-55-58-61-64-67-79(84)91-70-76(82)71-93-98(87,88)94-72-77(83)73-95-99(89,90)96-75-78(97-81(86)69-66-63-60-57-54-51-48-45-40-33-30-27-24-21-18-15-12-9-6-3)74-92-80(85)68-65-62-59-56-53-50-47-44-41-38-35-32-29-26-23-20-17-14-11-8-5-2/h7,9-10,12,16-21,25-30,34-36,38-40,42,44-45,47,51,54,60,63,76-78,82-83H,4-6,8,11,13-15,22-24,31-33,37,41,43,46,48-50,52-53,55-59,61-62,64-75H2,1-3H3,(H,87,88)(H,89,90)/b10-7-,12-9-,19-16-,20-17-,21-18-,28-25-,29-26-,30-27-,36-34-,38-35-,42-39-,45-40-,47-44-,54-51-,63-60-. The van der Waals surface area contributed by atoms with Gasteiger partial charge in [-0.2, -0.15) is 0 Å². The van der Waals surface area contributed by atoms with Crippen molar-refractivity contribution in [1.29, 1.82) is 0 Å². The summed E-state index contributed by atoms with van der Waals surface area (Å²) in [4.78, 5) is 58.6. The van der Waals surface area contributed by atoms with Crippen molar-refractivity contribution < 1.29 is 75.8 Å². The van der Waals surface area contributed by atoms with Crippen molar-refractivity contribution in [2.75, 3.05) is 39.6 Å². The highest BCUT2D eigenvalue weighted by atomic mass is 31.2. The number of aliphatic hydroxyl groups is 2. The Kier molecular flexibility index (Phi) is 68.5. The lowest BCUT2D eigenvalue weighted by molar-refractivity contribution is -0.161. The molecule has 0 bridgehead atoms. The number of esters is 3. The van der Waals surface area contributed by atoms with Crippen LogP contribution in [-0.2, 0) is 55.8 Å². The molecule has 0 saturated heterocycles. The predicted molar refractivity (Wildman–Crippen MR) is 408 cm³/mol. The molecule has 0 aliphatic carbocycles. The van der Waals surface area contributed by atoms with Crippen molar-refractivity contribution in [3.63, 3.8) is 0 Å². The number of ether oxygens (including phenoxy) is 3. The van der Waals surface area contributed by atoms with E-state index in [1.807, 2.05) is 18.2 Å². The number of phosphoric acid groups is 2. The van der Waals surface area contributed by atoms with Crippen LogP contribution < -0.4 is 0 Å². The summed E-state index contributed by atoms with van der Waals surface area (Å²) < 4.78 is 60.9. The highest BCUT2D eigenvalue weighted by molar-refractivity contribution is 7.47. The molecule has 99 heavy (non-hydrogen) atoms. The van der Waals surface area contributed by atoms with Crippen LogP contribution in [0, 0.1) is 0 Å². The van der Waals surface area contributed by atoms with E-state index in [0.29, 0.717) is 25.7 Å². The lowest BCUT2D eigenvalue weighted by Gasteiger charge is -2.21. The van der Waals surface area contributed by atoms with E-state index < -0.39 is 91.5 Å².